The maximum atomic E-state index is 3.68. The van der Waals surface area contributed by atoms with E-state index in [0.717, 1.165) is 12.5 Å². The molecule has 20 heavy (non-hydrogen) atoms. The molecule has 1 heterocycles. The second kappa shape index (κ2) is 6.55. The van der Waals surface area contributed by atoms with Gasteiger partial charge in [0.2, 0.25) is 0 Å². The highest BCUT2D eigenvalue weighted by molar-refractivity contribution is 7.10. The van der Waals surface area contributed by atoms with Crippen molar-refractivity contribution in [2.45, 2.75) is 44.6 Å². The first-order chi connectivity index (χ1) is 9.88. The predicted molar refractivity (Wildman–Crippen MR) is 87.5 cm³/mol. The second-order valence-electron chi connectivity index (χ2n) is 5.70. The van der Waals surface area contributed by atoms with Gasteiger partial charge in [0, 0.05) is 4.88 Å². The molecule has 1 atom stereocenters. The Balaban J connectivity index is 1.79. The molecule has 1 saturated carbocycles. The highest BCUT2D eigenvalue weighted by Gasteiger charge is 2.20. The molecule has 3 rings (SSSR count). The first-order valence-corrected chi connectivity index (χ1v) is 8.63. The van der Waals surface area contributed by atoms with Crippen molar-refractivity contribution in [3.8, 4) is 0 Å². The smallest absolute Gasteiger partial charge is 0.0671 e. The number of rotatable bonds is 6. The second-order valence-corrected chi connectivity index (χ2v) is 6.68. The highest BCUT2D eigenvalue weighted by Crippen LogP contribution is 2.37. The van der Waals surface area contributed by atoms with Gasteiger partial charge < -0.3 is 5.32 Å². The third-order valence-corrected chi connectivity index (χ3v) is 5.21. The number of nitrogens with one attached hydrogen (secondary N) is 1. The van der Waals surface area contributed by atoms with Gasteiger partial charge in [-0.15, -0.1) is 11.3 Å². The molecule has 1 aromatic heterocycles. The first kappa shape index (κ1) is 13.8. The molecule has 1 unspecified atom stereocenters. The molecule has 0 saturated heterocycles. The fourth-order valence-electron chi connectivity index (χ4n) is 2.83. The number of hydrogen-bond acceptors (Lipinski definition) is 2. The highest BCUT2D eigenvalue weighted by atomic mass is 32.1. The summed E-state index contributed by atoms with van der Waals surface area (Å²) in [5.41, 5.74) is 2.92. The lowest BCUT2D eigenvalue weighted by Gasteiger charge is -2.26. The SMILES string of the molecule is CCCNC(c1ccc(C2CCC2)cc1)c1cccs1. The lowest BCUT2D eigenvalue weighted by Crippen LogP contribution is -2.22. The van der Waals surface area contributed by atoms with E-state index in [-0.39, 0.29) is 0 Å². The van der Waals surface area contributed by atoms with Gasteiger partial charge in [-0.3, -0.25) is 0 Å². The van der Waals surface area contributed by atoms with Gasteiger partial charge in [-0.1, -0.05) is 43.7 Å². The van der Waals surface area contributed by atoms with Crippen LogP contribution in [0.2, 0.25) is 0 Å². The van der Waals surface area contributed by atoms with Gasteiger partial charge >= 0.3 is 0 Å². The molecule has 0 bridgehead atoms. The molecule has 1 fully saturated rings. The van der Waals surface area contributed by atoms with Crippen molar-refractivity contribution in [3.05, 3.63) is 57.8 Å². The van der Waals surface area contributed by atoms with E-state index in [2.05, 4.69) is 54.0 Å². The Morgan fingerprint density at radius 2 is 2.00 bits per heavy atom. The van der Waals surface area contributed by atoms with Gasteiger partial charge in [0.05, 0.1) is 6.04 Å². The van der Waals surface area contributed by atoms with E-state index in [4.69, 9.17) is 0 Å². The van der Waals surface area contributed by atoms with Crippen molar-refractivity contribution in [1.82, 2.24) is 5.32 Å². The van der Waals surface area contributed by atoms with E-state index in [1.807, 2.05) is 11.3 Å². The molecule has 0 spiro atoms. The van der Waals surface area contributed by atoms with Crippen LogP contribution < -0.4 is 5.32 Å². The predicted octanol–water partition coefficient (Wildman–Crippen LogP) is 5.10. The molecule has 1 aliphatic rings. The third kappa shape index (κ3) is 2.97. The minimum atomic E-state index is 0.352. The molecule has 0 radical (unpaired) electrons. The fourth-order valence-corrected chi connectivity index (χ4v) is 3.66. The number of thiophene rings is 1. The Bertz CT molecular complexity index is 511. The maximum Gasteiger partial charge on any atom is 0.0671 e. The normalized spacial score (nSPS) is 16.9. The van der Waals surface area contributed by atoms with Crippen LogP contribution in [0.5, 0.6) is 0 Å². The molecular formula is C18H23NS. The van der Waals surface area contributed by atoms with Crippen molar-refractivity contribution in [2.75, 3.05) is 6.54 Å². The zero-order valence-corrected chi connectivity index (χ0v) is 13.0. The Morgan fingerprint density at radius 3 is 2.55 bits per heavy atom. The van der Waals surface area contributed by atoms with Gasteiger partial charge in [-0.2, -0.15) is 0 Å². The van der Waals surface area contributed by atoms with Crippen molar-refractivity contribution >= 4 is 11.3 Å². The maximum absolute atomic E-state index is 3.68. The molecule has 2 heteroatoms. The molecule has 1 aliphatic carbocycles. The van der Waals surface area contributed by atoms with Crippen LogP contribution in [0.3, 0.4) is 0 Å². The molecule has 2 aromatic rings. The summed E-state index contributed by atoms with van der Waals surface area (Å²) in [7, 11) is 0. The monoisotopic (exact) mass is 285 g/mol. The van der Waals surface area contributed by atoms with Gasteiger partial charge in [-0.05, 0) is 54.3 Å². The summed E-state index contributed by atoms with van der Waals surface area (Å²) in [6, 6.07) is 14.1. The summed E-state index contributed by atoms with van der Waals surface area (Å²) in [6.45, 7) is 3.28. The van der Waals surface area contributed by atoms with E-state index < -0.39 is 0 Å². The summed E-state index contributed by atoms with van der Waals surface area (Å²) >= 11 is 1.84. The molecule has 1 nitrogen and oxygen atoms in total. The van der Waals surface area contributed by atoms with Crippen LogP contribution in [0.15, 0.2) is 41.8 Å². The summed E-state index contributed by atoms with van der Waals surface area (Å²) < 4.78 is 0. The lowest BCUT2D eigenvalue weighted by atomic mass is 9.80. The van der Waals surface area contributed by atoms with E-state index in [9.17, 15) is 0 Å². The zero-order valence-electron chi connectivity index (χ0n) is 12.1. The van der Waals surface area contributed by atoms with Crippen molar-refractivity contribution in [3.63, 3.8) is 0 Å². The average molecular weight is 285 g/mol. The largest absolute Gasteiger partial charge is 0.306 e. The minimum Gasteiger partial charge on any atom is -0.306 e. The first-order valence-electron chi connectivity index (χ1n) is 7.75. The van der Waals surface area contributed by atoms with Crippen molar-refractivity contribution < 1.29 is 0 Å². The molecule has 0 amide bonds. The van der Waals surface area contributed by atoms with Gasteiger partial charge in [-0.25, -0.2) is 0 Å². The van der Waals surface area contributed by atoms with E-state index in [1.54, 1.807) is 0 Å². The van der Waals surface area contributed by atoms with E-state index >= 15 is 0 Å². The van der Waals surface area contributed by atoms with Crippen LogP contribution in [-0.2, 0) is 0 Å². The average Bonchev–Trinajstić information content (AvgIpc) is 2.93. The van der Waals surface area contributed by atoms with Gasteiger partial charge in [0.1, 0.15) is 0 Å². The Morgan fingerprint density at radius 1 is 1.20 bits per heavy atom. The van der Waals surface area contributed by atoms with Crippen LogP contribution >= 0.6 is 11.3 Å². The fraction of sp³-hybridized carbons (Fsp3) is 0.444. The number of benzene rings is 1. The van der Waals surface area contributed by atoms with E-state index in [1.165, 1.54) is 41.7 Å². The summed E-state index contributed by atoms with van der Waals surface area (Å²) in [5, 5.41) is 5.84. The standard InChI is InChI=1S/C18H23NS/c1-2-12-19-18(17-7-4-13-20-17)16-10-8-15(9-11-16)14-5-3-6-14/h4,7-11,13-14,18-19H,2-3,5-6,12H2,1H3. The number of hydrogen-bond donors (Lipinski definition) is 1. The Kier molecular flexibility index (Phi) is 4.54. The summed E-state index contributed by atoms with van der Waals surface area (Å²) in [4.78, 5) is 1.41. The molecule has 0 aliphatic heterocycles. The van der Waals surface area contributed by atoms with Crippen LogP contribution in [0, 0.1) is 0 Å². The third-order valence-electron chi connectivity index (χ3n) is 4.27. The topological polar surface area (TPSA) is 12.0 Å². The molecule has 106 valence electrons. The summed E-state index contributed by atoms with van der Waals surface area (Å²) in [5.74, 6) is 0.827. The van der Waals surface area contributed by atoms with Crippen LogP contribution in [0.25, 0.3) is 0 Å². The van der Waals surface area contributed by atoms with Gasteiger partial charge in [0.15, 0.2) is 0 Å². The zero-order chi connectivity index (χ0) is 13.8. The van der Waals surface area contributed by atoms with Gasteiger partial charge in [0.25, 0.3) is 0 Å². The van der Waals surface area contributed by atoms with Crippen LogP contribution in [0.1, 0.15) is 60.6 Å². The van der Waals surface area contributed by atoms with E-state index in [0.29, 0.717) is 6.04 Å². The van der Waals surface area contributed by atoms with Crippen LogP contribution in [-0.4, -0.2) is 6.54 Å². The molecule has 1 aromatic carbocycles. The lowest BCUT2D eigenvalue weighted by molar-refractivity contribution is 0.419. The minimum absolute atomic E-state index is 0.352. The Labute approximate surface area is 126 Å². The Hall–Kier alpha value is -1.12. The summed E-state index contributed by atoms with van der Waals surface area (Å²) in [6.07, 6.45) is 5.33. The molecule has 1 N–H and O–H groups in total. The van der Waals surface area contributed by atoms with Crippen molar-refractivity contribution in [2.24, 2.45) is 0 Å². The van der Waals surface area contributed by atoms with Crippen LogP contribution in [0.4, 0.5) is 0 Å². The van der Waals surface area contributed by atoms with Crippen molar-refractivity contribution in [1.29, 1.82) is 0 Å². The molecular weight excluding hydrogens is 262 g/mol. The quantitative estimate of drug-likeness (QED) is 0.778.